The highest BCUT2D eigenvalue weighted by atomic mass is 32.2. The topological polar surface area (TPSA) is 386 Å². The standard InChI is InChI=1S/C49H82N14O9S/c1-8-30(6)40(63-41(64)33(51)23-28(2)3)47(70)62-39(29(4)5)46(69)61-37(24-31-15-10-9-11-16-31)44(67)58-35(19-22-73-7)43(66)60-38(25-32-26-54-27-56-32)45(68)57-34(17-12-13-20-50)42(65)59-36(48(71)72)18-14-21-55-49(52)53/h9-11,15-16,26-30,33-40H,8,12-14,17-25,50-51H2,1-7H3,(H,54,56)(H,57,68)(H,58,67)(H,59,65)(H,60,66)(H,61,69)(H,62,70)(H,63,64)(H,71,72)(H4,52,53,55)/t30-,33-,34-,35-,36-,37-,38-,39-,40-/m0/s1. The number of aromatic nitrogens is 2. The molecule has 0 fully saturated rings. The number of nitrogens with zero attached hydrogens (tertiary/aromatic N) is 2. The van der Waals surface area contributed by atoms with E-state index in [2.05, 4.69) is 52.2 Å². The van der Waals surface area contributed by atoms with Crippen molar-refractivity contribution in [1.29, 1.82) is 0 Å². The number of carbonyl (C=O) groups excluding carboxylic acids is 7. The summed E-state index contributed by atoms with van der Waals surface area (Å²) in [5.41, 5.74) is 23.8. The Labute approximate surface area is 433 Å². The van der Waals surface area contributed by atoms with Crippen LogP contribution in [0.1, 0.15) is 104 Å². The van der Waals surface area contributed by atoms with Gasteiger partial charge in [0.05, 0.1) is 12.4 Å². The number of carboxylic acids is 1. The highest BCUT2D eigenvalue weighted by molar-refractivity contribution is 7.98. The highest BCUT2D eigenvalue weighted by Gasteiger charge is 2.36. The smallest absolute Gasteiger partial charge is 0.326 e. The first-order valence-corrected chi connectivity index (χ1v) is 26.4. The molecule has 0 saturated carbocycles. The van der Waals surface area contributed by atoms with Gasteiger partial charge in [0.2, 0.25) is 41.4 Å². The van der Waals surface area contributed by atoms with Crippen LogP contribution in [-0.4, -0.2) is 142 Å². The number of H-pyrrole nitrogens is 1. The maximum Gasteiger partial charge on any atom is 0.326 e. The van der Waals surface area contributed by atoms with Crippen LogP contribution in [0.3, 0.4) is 0 Å². The summed E-state index contributed by atoms with van der Waals surface area (Å²) >= 11 is 1.41. The van der Waals surface area contributed by atoms with Gasteiger partial charge in [-0.05, 0) is 86.8 Å². The predicted molar refractivity (Wildman–Crippen MR) is 281 cm³/mol. The Balaban J connectivity index is 2.46. The third-order valence-electron chi connectivity index (χ3n) is 12.0. The molecule has 1 aromatic heterocycles. The molecule has 24 heteroatoms. The lowest BCUT2D eigenvalue weighted by Gasteiger charge is -2.30. The fourth-order valence-electron chi connectivity index (χ4n) is 7.62. The van der Waals surface area contributed by atoms with E-state index in [1.54, 1.807) is 51.1 Å². The Morgan fingerprint density at radius 1 is 0.685 bits per heavy atom. The van der Waals surface area contributed by atoms with Crippen molar-refractivity contribution in [2.45, 2.75) is 154 Å². The van der Waals surface area contributed by atoms with Crippen molar-refractivity contribution >= 4 is 65.0 Å². The summed E-state index contributed by atoms with van der Waals surface area (Å²) in [6, 6.07) is -0.544. The van der Waals surface area contributed by atoms with Crippen LogP contribution in [0.15, 0.2) is 47.8 Å². The quantitative estimate of drug-likeness (QED) is 0.0239. The van der Waals surface area contributed by atoms with Crippen molar-refractivity contribution in [3.63, 3.8) is 0 Å². The van der Waals surface area contributed by atoms with Gasteiger partial charge in [0.1, 0.15) is 42.3 Å². The van der Waals surface area contributed by atoms with Crippen molar-refractivity contribution in [2.75, 3.05) is 25.1 Å². The van der Waals surface area contributed by atoms with Crippen LogP contribution in [0.25, 0.3) is 0 Å². The molecule has 0 aliphatic heterocycles. The third kappa shape index (κ3) is 23.4. The molecule has 7 amide bonds. The van der Waals surface area contributed by atoms with Crippen LogP contribution < -0.4 is 60.2 Å². The number of hydrogen-bond acceptors (Lipinski definition) is 13. The molecular formula is C49H82N14O9S. The second kappa shape index (κ2) is 33.5. The molecule has 0 unspecified atom stereocenters. The molecule has 23 nitrogen and oxygen atoms in total. The van der Waals surface area contributed by atoms with Crippen molar-refractivity contribution in [2.24, 2.45) is 45.7 Å². The summed E-state index contributed by atoms with van der Waals surface area (Å²) in [5, 5.41) is 29.0. The molecule has 1 heterocycles. The molecule has 0 aliphatic rings. The molecule has 0 aliphatic carbocycles. The van der Waals surface area contributed by atoms with Gasteiger partial charge in [-0.25, -0.2) is 9.78 Å². The molecule has 2 aromatic rings. The number of aliphatic imine (C=N–C) groups is 1. The zero-order chi connectivity index (χ0) is 54.6. The largest absolute Gasteiger partial charge is 0.480 e. The van der Waals surface area contributed by atoms with E-state index in [1.807, 2.05) is 27.0 Å². The fraction of sp³-hybridized carbons (Fsp3) is 0.633. The van der Waals surface area contributed by atoms with Gasteiger partial charge in [0.25, 0.3) is 0 Å². The average Bonchev–Trinajstić information content (AvgIpc) is 3.86. The SMILES string of the molecule is CC[C@H](C)[C@H](NC(=O)[C@@H](N)CC(C)C)C(=O)N[C@H](C(=O)N[C@@H](Cc1ccccc1)C(=O)N[C@@H](CCSC)C(=O)N[C@@H](Cc1cnc[nH]1)C(=O)N[C@@H](CCCCN)C(=O)N[C@@H](CCCN=C(N)N)C(=O)O)C(C)C. The molecule has 9 atom stereocenters. The Bertz CT molecular complexity index is 2070. The van der Waals surface area contributed by atoms with Crippen LogP contribution in [0.5, 0.6) is 0 Å². The average molecular weight is 1040 g/mol. The Hall–Kier alpha value is -6.27. The zero-order valence-corrected chi connectivity index (χ0v) is 44.2. The number of carbonyl (C=O) groups is 8. The summed E-state index contributed by atoms with van der Waals surface area (Å²) < 4.78 is 0. The van der Waals surface area contributed by atoms with E-state index in [1.165, 1.54) is 24.3 Å². The number of aliphatic carboxylic acids is 1. The van der Waals surface area contributed by atoms with Crippen LogP contribution >= 0.6 is 11.8 Å². The van der Waals surface area contributed by atoms with Crippen molar-refractivity contribution < 1.29 is 43.5 Å². The van der Waals surface area contributed by atoms with E-state index in [-0.39, 0.29) is 62.9 Å². The number of nitrogens with two attached hydrogens (primary N) is 4. The second-order valence-electron chi connectivity index (χ2n) is 19.0. The molecule has 73 heavy (non-hydrogen) atoms. The van der Waals surface area contributed by atoms with Gasteiger partial charge in [0.15, 0.2) is 5.96 Å². The summed E-state index contributed by atoms with van der Waals surface area (Å²) in [5.74, 6) is -6.54. The van der Waals surface area contributed by atoms with Crippen LogP contribution in [-0.2, 0) is 51.2 Å². The maximum absolute atomic E-state index is 14.5. The lowest BCUT2D eigenvalue weighted by Crippen LogP contribution is -2.61. The number of thioether (sulfide) groups is 1. The van der Waals surface area contributed by atoms with E-state index in [0.717, 1.165) is 0 Å². The fourth-order valence-corrected chi connectivity index (χ4v) is 8.09. The number of unbranched alkanes of at least 4 members (excludes halogenated alkanes) is 1. The molecule has 0 bridgehead atoms. The second-order valence-corrected chi connectivity index (χ2v) is 20.0. The Morgan fingerprint density at radius 3 is 1.75 bits per heavy atom. The molecule has 0 radical (unpaired) electrons. The number of nitrogens with one attached hydrogen (secondary N) is 8. The Kier molecular flexibility index (Phi) is 28.8. The number of guanidine groups is 1. The zero-order valence-electron chi connectivity index (χ0n) is 43.4. The number of rotatable bonds is 35. The van der Waals surface area contributed by atoms with Crippen LogP contribution in [0.4, 0.5) is 0 Å². The van der Waals surface area contributed by atoms with E-state index >= 15 is 0 Å². The normalized spacial score (nSPS) is 14.9. The lowest BCUT2D eigenvalue weighted by atomic mass is 9.95. The van der Waals surface area contributed by atoms with Crippen molar-refractivity contribution in [3.8, 4) is 0 Å². The van der Waals surface area contributed by atoms with Gasteiger partial charge in [-0.3, -0.25) is 38.6 Å². The Morgan fingerprint density at radius 2 is 1.22 bits per heavy atom. The first-order chi connectivity index (χ1) is 34.6. The summed E-state index contributed by atoms with van der Waals surface area (Å²) in [4.78, 5) is 121. The molecular weight excluding hydrogens is 961 g/mol. The minimum atomic E-state index is -1.34. The van der Waals surface area contributed by atoms with Gasteiger partial charge in [0, 0.05) is 31.3 Å². The molecule has 0 spiro atoms. The van der Waals surface area contributed by atoms with Crippen molar-refractivity contribution in [1.82, 2.24) is 47.2 Å². The maximum atomic E-state index is 14.5. The number of aromatic amines is 1. The van der Waals surface area contributed by atoms with Gasteiger partial charge in [-0.15, -0.1) is 0 Å². The minimum absolute atomic E-state index is 0.00913. The van der Waals surface area contributed by atoms with Gasteiger partial charge < -0.3 is 70.2 Å². The summed E-state index contributed by atoms with van der Waals surface area (Å²) in [6.07, 6.45) is 6.76. The summed E-state index contributed by atoms with van der Waals surface area (Å²) in [7, 11) is 0. The van der Waals surface area contributed by atoms with Gasteiger partial charge in [-0.1, -0.05) is 78.3 Å². The highest BCUT2D eigenvalue weighted by Crippen LogP contribution is 2.14. The molecule has 1 aromatic carbocycles. The van der Waals surface area contributed by atoms with Gasteiger partial charge >= 0.3 is 5.97 Å². The van der Waals surface area contributed by atoms with Crippen molar-refractivity contribution in [3.05, 3.63) is 54.1 Å². The number of carboxylic acid groups (broad SMARTS) is 1. The number of imidazole rings is 1. The monoisotopic (exact) mass is 1040 g/mol. The first kappa shape index (κ1) is 62.8. The van der Waals surface area contributed by atoms with E-state index in [4.69, 9.17) is 22.9 Å². The molecule has 408 valence electrons. The lowest BCUT2D eigenvalue weighted by molar-refractivity contribution is -0.142. The first-order valence-electron chi connectivity index (χ1n) is 25.0. The van der Waals surface area contributed by atoms with Crippen LogP contribution in [0.2, 0.25) is 0 Å². The minimum Gasteiger partial charge on any atom is -0.480 e. The molecule has 17 N–H and O–H groups in total. The predicted octanol–water partition coefficient (Wildman–Crippen LogP) is -0.316. The van der Waals surface area contributed by atoms with Crippen LogP contribution in [0, 0.1) is 17.8 Å². The molecule has 2 rings (SSSR count). The third-order valence-corrected chi connectivity index (χ3v) is 12.7. The van der Waals surface area contributed by atoms with E-state index in [9.17, 15) is 43.5 Å². The number of benzene rings is 1. The van der Waals surface area contributed by atoms with E-state index < -0.39 is 102 Å². The van der Waals surface area contributed by atoms with Gasteiger partial charge in [-0.2, -0.15) is 11.8 Å². The molecule has 0 saturated heterocycles. The number of hydrogen-bond donors (Lipinski definition) is 13. The number of amides is 7. The summed E-state index contributed by atoms with van der Waals surface area (Å²) in [6.45, 7) is 11.4. The van der Waals surface area contributed by atoms with E-state index in [0.29, 0.717) is 49.2 Å².